The summed E-state index contributed by atoms with van der Waals surface area (Å²) in [5.74, 6) is 0.301. The van der Waals surface area contributed by atoms with Crippen molar-refractivity contribution in [3.05, 3.63) is 22.2 Å². The first-order valence-corrected chi connectivity index (χ1v) is 4.71. The molecule has 0 spiro atoms. The number of phenolic OH excluding ortho intramolecular Hbond substituents is 1. The fourth-order valence-electron chi connectivity index (χ4n) is 1.17. The Morgan fingerprint density at radius 1 is 1.47 bits per heavy atom. The van der Waals surface area contributed by atoms with E-state index in [1.807, 2.05) is 0 Å². The second-order valence-corrected chi connectivity index (χ2v) is 3.01. The average Bonchev–Trinajstić information content (AvgIpc) is 2.26. The molecule has 0 saturated carbocycles. The number of hydrogen-bond acceptors (Lipinski definition) is 6. The van der Waals surface area contributed by atoms with E-state index in [-0.39, 0.29) is 17.5 Å². The zero-order chi connectivity index (χ0) is 15.0. The quantitative estimate of drug-likeness (QED) is 0.228. The van der Waals surface area contributed by atoms with Gasteiger partial charge < -0.3 is 30.8 Å². The van der Waals surface area contributed by atoms with Gasteiger partial charge in [0.15, 0.2) is 17.5 Å². The smallest absolute Gasteiger partial charge is 0.291 e. The Labute approximate surface area is 108 Å². The number of phenols is 1. The maximum absolute atomic E-state index is 9.56. The molecule has 1 aromatic carbocycles. The fraction of sp³-hybridized carbons (Fsp3) is 0.222. The van der Waals surface area contributed by atoms with Gasteiger partial charge in [0, 0.05) is 17.8 Å². The van der Waals surface area contributed by atoms with E-state index < -0.39 is 5.09 Å². The molecule has 0 aliphatic rings. The molecule has 0 atom stereocenters. The molecule has 10 nitrogen and oxygen atoms in total. The average molecular weight is 274 g/mol. The fourth-order valence-corrected chi connectivity index (χ4v) is 1.17. The highest BCUT2D eigenvalue weighted by Crippen LogP contribution is 2.38. The third-order valence-electron chi connectivity index (χ3n) is 1.74. The predicted molar refractivity (Wildman–Crippen MR) is 65.5 cm³/mol. The van der Waals surface area contributed by atoms with Crippen LogP contribution in [0.1, 0.15) is 0 Å². The minimum atomic E-state index is -1.50. The van der Waals surface area contributed by atoms with Gasteiger partial charge in [-0.1, -0.05) is 0 Å². The summed E-state index contributed by atoms with van der Waals surface area (Å²) in [4.78, 5) is 8.36. The number of nitrogens with one attached hydrogen (secondary N) is 2. The molecule has 1 rings (SSSR count). The molecule has 106 valence electrons. The Hall–Kier alpha value is -2.91. The Balaban J connectivity index is 0.000000711. The molecule has 0 saturated heterocycles. The standard InChI is InChI=1S/C9H13N3O3.HNO3/c1-14-7-4-5(12-9(10)11)3-6(13)8(7)15-2;2-1(3)4/h3-4,13H,1-2H3,(H4,10,11,12);(H,2,3,4). The summed E-state index contributed by atoms with van der Waals surface area (Å²) >= 11 is 0. The summed E-state index contributed by atoms with van der Waals surface area (Å²) in [7, 11) is 2.88. The van der Waals surface area contributed by atoms with Crippen LogP contribution in [-0.2, 0) is 0 Å². The van der Waals surface area contributed by atoms with Crippen LogP contribution in [-0.4, -0.2) is 35.6 Å². The van der Waals surface area contributed by atoms with Gasteiger partial charge >= 0.3 is 0 Å². The predicted octanol–water partition coefficient (Wildman–Crippen LogP) is 0.367. The summed E-state index contributed by atoms with van der Waals surface area (Å²) in [5.41, 5.74) is 5.61. The maximum atomic E-state index is 9.56. The molecule has 0 heterocycles. The third-order valence-corrected chi connectivity index (χ3v) is 1.74. The number of nitrogens with zero attached hydrogens (tertiary/aromatic N) is 1. The second kappa shape index (κ2) is 7.42. The summed E-state index contributed by atoms with van der Waals surface area (Å²) in [6.07, 6.45) is 0. The molecule has 0 aliphatic carbocycles. The Morgan fingerprint density at radius 2 is 2.00 bits per heavy atom. The van der Waals surface area contributed by atoms with Crippen LogP contribution in [0.5, 0.6) is 17.2 Å². The molecule has 19 heavy (non-hydrogen) atoms. The third kappa shape index (κ3) is 5.81. The van der Waals surface area contributed by atoms with E-state index in [0.717, 1.165) is 0 Å². The van der Waals surface area contributed by atoms with Gasteiger partial charge in [-0.3, -0.25) is 5.41 Å². The molecule has 0 amide bonds. The number of ether oxygens (including phenoxy) is 2. The van der Waals surface area contributed by atoms with Crippen molar-refractivity contribution in [1.29, 1.82) is 5.41 Å². The van der Waals surface area contributed by atoms with Gasteiger partial charge in [0.1, 0.15) is 0 Å². The molecular weight excluding hydrogens is 260 g/mol. The van der Waals surface area contributed by atoms with Crippen molar-refractivity contribution in [2.24, 2.45) is 5.73 Å². The molecular formula is C9H14N4O6. The van der Waals surface area contributed by atoms with Crippen LogP contribution in [0, 0.1) is 15.5 Å². The lowest BCUT2D eigenvalue weighted by molar-refractivity contribution is -0.742. The second-order valence-electron chi connectivity index (χ2n) is 3.01. The first-order chi connectivity index (χ1) is 8.81. The van der Waals surface area contributed by atoms with E-state index in [0.29, 0.717) is 11.4 Å². The summed E-state index contributed by atoms with van der Waals surface area (Å²) in [6, 6.07) is 2.96. The topological polar surface area (TPSA) is 164 Å². The molecule has 0 aliphatic heterocycles. The minimum absolute atomic E-state index is 0.0828. The monoisotopic (exact) mass is 274 g/mol. The lowest BCUT2D eigenvalue weighted by Gasteiger charge is -2.12. The van der Waals surface area contributed by atoms with Crippen molar-refractivity contribution in [1.82, 2.24) is 0 Å². The van der Waals surface area contributed by atoms with E-state index in [2.05, 4.69) is 5.32 Å². The lowest BCUT2D eigenvalue weighted by atomic mass is 10.2. The van der Waals surface area contributed by atoms with Crippen LogP contribution in [0.2, 0.25) is 0 Å². The zero-order valence-corrected chi connectivity index (χ0v) is 10.2. The maximum Gasteiger partial charge on any atom is 0.291 e. The Morgan fingerprint density at radius 3 is 2.37 bits per heavy atom. The molecule has 0 aromatic heterocycles. The number of benzene rings is 1. The normalized spacial score (nSPS) is 8.74. The Kier molecular flexibility index (Phi) is 6.29. The van der Waals surface area contributed by atoms with Gasteiger partial charge in [-0.2, -0.15) is 0 Å². The van der Waals surface area contributed by atoms with Gasteiger partial charge in [-0.05, 0) is 0 Å². The van der Waals surface area contributed by atoms with Crippen LogP contribution in [0.15, 0.2) is 12.1 Å². The van der Waals surface area contributed by atoms with E-state index >= 15 is 0 Å². The number of methoxy groups -OCH3 is 2. The van der Waals surface area contributed by atoms with Crippen LogP contribution in [0.3, 0.4) is 0 Å². The summed E-state index contributed by atoms with van der Waals surface area (Å²) < 4.78 is 9.94. The van der Waals surface area contributed by atoms with E-state index in [1.165, 1.54) is 20.3 Å². The number of anilines is 1. The number of rotatable bonds is 3. The van der Waals surface area contributed by atoms with E-state index in [1.54, 1.807) is 6.07 Å². The number of guanidine groups is 1. The highest BCUT2D eigenvalue weighted by molar-refractivity contribution is 5.90. The molecule has 0 bridgehead atoms. The molecule has 6 N–H and O–H groups in total. The van der Waals surface area contributed by atoms with Crippen LogP contribution in [0.4, 0.5) is 5.69 Å². The minimum Gasteiger partial charge on any atom is -0.504 e. The zero-order valence-electron chi connectivity index (χ0n) is 10.2. The summed E-state index contributed by atoms with van der Waals surface area (Å²) in [6.45, 7) is 0. The van der Waals surface area contributed by atoms with E-state index in [4.69, 9.17) is 35.9 Å². The van der Waals surface area contributed by atoms with Crippen molar-refractivity contribution in [2.75, 3.05) is 19.5 Å². The van der Waals surface area contributed by atoms with Gasteiger partial charge in [-0.25, -0.2) is 0 Å². The number of hydrogen-bond donors (Lipinski definition) is 5. The molecule has 0 unspecified atom stereocenters. The van der Waals surface area contributed by atoms with Crippen molar-refractivity contribution in [3.8, 4) is 17.2 Å². The number of aromatic hydroxyl groups is 1. The summed E-state index contributed by atoms with van der Waals surface area (Å²) in [5, 5.41) is 32.8. The first kappa shape index (κ1) is 16.1. The van der Waals surface area contributed by atoms with Crippen molar-refractivity contribution >= 4 is 11.6 Å². The van der Waals surface area contributed by atoms with Gasteiger partial charge in [0.2, 0.25) is 5.75 Å². The first-order valence-electron chi connectivity index (χ1n) is 4.71. The van der Waals surface area contributed by atoms with Crippen LogP contribution in [0.25, 0.3) is 0 Å². The van der Waals surface area contributed by atoms with Crippen molar-refractivity contribution < 1.29 is 24.9 Å². The van der Waals surface area contributed by atoms with Gasteiger partial charge in [0.25, 0.3) is 5.09 Å². The van der Waals surface area contributed by atoms with Crippen LogP contribution >= 0.6 is 0 Å². The number of nitrogens with two attached hydrogens (primary N) is 1. The van der Waals surface area contributed by atoms with Gasteiger partial charge in [-0.15, -0.1) is 10.1 Å². The van der Waals surface area contributed by atoms with E-state index in [9.17, 15) is 5.11 Å². The van der Waals surface area contributed by atoms with Crippen LogP contribution < -0.4 is 20.5 Å². The molecule has 0 radical (unpaired) electrons. The highest BCUT2D eigenvalue weighted by atomic mass is 16.9. The van der Waals surface area contributed by atoms with Gasteiger partial charge in [0.05, 0.1) is 14.2 Å². The largest absolute Gasteiger partial charge is 0.504 e. The molecule has 0 fully saturated rings. The highest BCUT2D eigenvalue weighted by Gasteiger charge is 2.11. The van der Waals surface area contributed by atoms with Crippen molar-refractivity contribution in [3.63, 3.8) is 0 Å². The molecule has 1 aromatic rings. The molecule has 10 heteroatoms. The lowest BCUT2D eigenvalue weighted by Crippen LogP contribution is -2.20. The van der Waals surface area contributed by atoms with Crippen molar-refractivity contribution in [2.45, 2.75) is 0 Å². The Bertz CT molecular complexity index is 460. The SMILES string of the molecule is COc1cc(NC(=N)N)cc(O)c1OC.O=[N+]([O-])O.